The van der Waals surface area contributed by atoms with Crippen molar-refractivity contribution < 1.29 is 75.8 Å². The first kappa shape index (κ1) is 107. The standard InChI is InChI=1S/C95H154O16P2/c1-4-7-10-13-16-19-22-25-28-31-34-37-39-41-42-43-44-45-46-48-50-52-54-57-60-63-66-69-72-75-78-81-93(98)105-84-90(96)85-107-112(101,102)108-86-91(97)87-109-113(103,104)110-89-92(111-95(100)83-80-77-74-71-68-65-62-59-56-51-36-33-30-27-24-21-18-15-12-9-6-3)88-106-94(99)82-79-76-73-70-67-64-61-58-55-53-49-47-40-38-35-32-29-26-23-20-17-14-11-8-5-2/h7-12,16-21,25-30,34-38,41-42,44-45,47,49,51,59,62,68,71,90-92,96-97H,4-6,13-15,22-24,31-33,39-40,43,46,48,50,52-58,60-61,63-67,69-70,72-89H2,1-3H3,(H,101,102)(H,103,104)/b10-7-,11-8-,12-9-,19-16-,20-17-,21-18-,28-25-,29-26-,30-27-,37-34-,38-35-,42-41-,45-44-,49-47-,51-36-,62-59-,71-68-. The van der Waals surface area contributed by atoms with Crippen LogP contribution in [-0.2, 0) is 55.8 Å². The predicted molar refractivity (Wildman–Crippen MR) is 472 cm³/mol. The maximum absolute atomic E-state index is 13.0. The fourth-order valence-corrected chi connectivity index (χ4v) is 12.6. The minimum atomic E-state index is -4.96. The van der Waals surface area contributed by atoms with Crippen molar-refractivity contribution >= 4 is 33.6 Å². The highest BCUT2D eigenvalue weighted by atomic mass is 31.2. The number of hydrogen-bond acceptors (Lipinski definition) is 14. The summed E-state index contributed by atoms with van der Waals surface area (Å²) >= 11 is 0. The van der Waals surface area contributed by atoms with Crippen LogP contribution in [0.5, 0.6) is 0 Å². The highest BCUT2D eigenvalue weighted by Crippen LogP contribution is 2.45. The summed E-state index contributed by atoms with van der Waals surface area (Å²) in [6.07, 6.45) is 114. The molecule has 640 valence electrons. The minimum absolute atomic E-state index is 0.0404. The summed E-state index contributed by atoms with van der Waals surface area (Å²) in [7, 11) is -9.83. The molecule has 0 bridgehead atoms. The molecule has 4 N–H and O–H groups in total. The van der Waals surface area contributed by atoms with Gasteiger partial charge in [-0.1, -0.05) is 337 Å². The smallest absolute Gasteiger partial charge is 0.463 e. The fraction of sp³-hybridized carbons (Fsp3) is 0.611. The molecule has 18 heteroatoms. The quantitative estimate of drug-likeness (QED) is 0.0146. The van der Waals surface area contributed by atoms with Crippen molar-refractivity contribution in [3.05, 3.63) is 207 Å². The second kappa shape index (κ2) is 85.5. The minimum Gasteiger partial charge on any atom is -0.463 e. The van der Waals surface area contributed by atoms with Crippen LogP contribution in [0.2, 0.25) is 0 Å². The number of esters is 3. The normalized spacial score (nSPS) is 14.9. The van der Waals surface area contributed by atoms with E-state index in [4.69, 9.17) is 32.3 Å². The molecule has 0 saturated carbocycles. The molecule has 0 radical (unpaired) electrons. The van der Waals surface area contributed by atoms with Gasteiger partial charge in [0.1, 0.15) is 25.4 Å². The molecule has 0 fully saturated rings. The number of carbonyl (C=O) groups excluding carboxylic acids is 3. The second-order valence-corrected chi connectivity index (χ2v) is 31.1. The van der Waals surface area contributed by atoms with Crippen molar-refractivity contribution in [1.82, 2.24) is 0 Å². The van der Waals surface area contributed by atoms with E-state index >= 15 is 0 Å². The molecular formula is C95H154O16P2. The summed E-state index contributed by atoms with van der Waals surface area (Å²) in [6, 6.07) is 0. The molecule has 0 aromatic heterocycles. The lowest BCUT2D eigenvalue weighted by atomic mass is 10.0. The molecule has 0 aliphatic rings. The maximum atomic E-state index is 13.0. The van der Waals surface area contributed by atoms with Gasteiger partial charge in [0.2, 0.25) is 0 Å². The van der Waals surface area contributed by atoms with Gasteiger partial charge >= 0.3 is 33.6 Å². The van der Waals surface area contributed by atoms with Gasteiger partial charge in [-0.15, -0.1) is 0 Å². The number of allylic oxidation sites excluding steroid dienone is 34. The number of aliphatic hydroxyl groups is 2. The molecule has 0 saturated heterocycles. The summed E-state index contributed by atoms with van der Waals surface area (Å²) in [4.78, 5) is 58.9. The predicted octanol–water partition coefficient (Wildman–Crippen LogP) is 26.4. The van der Waals surface area contributed by atoms with Crippen LogP contribution in [0.25, 0.3) is 0 Å². The van der Waals surface area contributed by atoms with Crippen LogP contribution in [-0.4, -0.2) is 95.9 Å². The van der Waals surface area contributed by atoms with Crippen molar-refractivity contribution in [3.63, 3.8) is 0 Å². The summed E-state index contributed by atoms with van der Waals surface area (Å²) in [5.41, 5.74) is 0. The molecule has 5 atom stereocenters. The van der Waals surface area contributed by atoms with Gasteiger partial charge in [0.25, 0.3) is 0 Å². The average molecular weight is 1610 g/mol. The molecule has 0 aliphatic heterocycles. The molecule has 0 heterocycles. The van der Waals surface area contributed by atoms with E-state index in [1.807, 2.05) is 0 Å². The van der Waals surface area contributed by atoms with Crippen LogP contribution in [0.15, 0.2) is 207 Å². The fourth-order valence-electron chi connectivity index (χ4n) is 11.0. The molecular weight excluding hydrogens is 1460 g/mol. The van der Waals surface area contributed by atoms with Crippen molar-refractivity contribution in [2.24, 2.45) is 0 Å². The van der Waals surface area contributed by atoms with E-state index in [0.717, 1.165) is 173 Å². The lowest BCUT2D eigenvalue weighted by molar-refractivity contribution is -0.161. The number of unbranched alkanes of at least 4 members (excludes halogenated alkanes) is 23. The van der Waals surface area contributed by atoms with Crippen LogP contribution < -0.4 is 0 Å². The van der Waals surface area contributed by atoms with Gasteiger partial charge in [-0.2, -0.15) is 0 Å². The van der Waals surface area contributed by atoms with E-state index in [1.54, 1.807) is 0 Å². The number of ether oxygens (including phenoxy) is 3. The maximum Gasteiger partial charge on any atom is 0.472 e. The Labute approximate surface area is 686 Å². The first-order valence-electron chi connectivity index (χ1n) is 43.4. The van der Waals surface area contributed by atoms with E-state index in [2.05, 4.69) is 227 Å². The Morgan fingerprint density at radius 2 is 0.442 bits per heavy atom. The zero-order valence-corrected chi connectivity index (χ0v) is 72.0. The molecule has 5 unspecified atom stereocenters. The number of phosphoric acid groups is 2. The van der Waals surface area contributed by atoms with Crippen molar-refractivity contribution in [2.75, 3.05) is 39.6 Å². The molecule has 0 aromatic rings. The van der Waals surface area contributed by atoms with E-state index in [9.17, 15) is 43.5 Å². The Morgan fingerprint density at radius 1 is 0.248 bits per heavy atom. The third kappa shape index (κ3) is 86.8. The highest BCUT2D eigenvalue weighted by molar-refractivity contribution is 7.47. The molecule has 0 spiro atoms. The van der Waals surface area contributed by atoms with E-state index < -0.39 is 91.5 Å². The van der Waals surface area contributed by atoms with Gasteiger partial charge in [0.15, 0.2) is 6.10 Å². The Bertz CT molecular complexity index is 2880. The van der Waals surface area contributed by atoms with Gasteiger partial charge in [-0.3, -0.25) is 32.5 Å². The van der Waals surface area contributed by atoms with Gasteiger partial charge < -0.3 is 34.2 Å². The molecule has 0 aliphatic carbocycles. The number of phosphoric ester groups is 2. The topological polar surface area (TPSA) is 231 Å². The Morgan fingerprint density at radius 3 is 0.717 bits per heavy atom. The Balaban J connectivity index is 4.66. The molecule has 16 nitrogen and oxygen atoms in total. The number of carbonyl (C=O) groups is 3. The van der Waals surface area contributed by atoms with Gasteiger partial charge in [-0.05, 0) is 167 Å². The van der Waals surface area contributed by atoms with Crippen LogP contribution in [0.3, 0.4) is 0 Å². The molecule has 0 rings (SSSR count). The summed E-state index contributed by atoms with van der Waals surface area (Å²) in [5, 5.41) is 20.7. The number of aliphatic hydroxyl groups excluding tert-OH is 2. The second-order valence-electron chi connectivity index (χ2n) is 28.2. The summed E-state index contributed by atoms with van der Waals surface area (Å²) < 4.78 is 61.3. The average Bonchev–Trinajstić information content (AvgIpc) is 0.900. The van der Waals surface area contributed by atoms with Gasteiger partial charge in [-0.25, -0.2) is 9.13 Å². The van der Waals surface area contributed by atoms with E-state index in [1.165, 1.54) is 77.0 Å². The zero-order chi connectivity index (χ0) is 82.2. The van der Waals surface area contributed by atoms with Crippen molar-refractivity contribution in [1.29, 1.82) is 0 Å². The van der Waals surface area contributed by atoms with Gasteiger partial charge in [0, 0.05) is 19.3 Å². The van der Waals surface area contributed by atoms with Gasteiger partial charge in [0.05, 0.1) is 26.4 Å². The monoisotopic (exact) mass is 1610 g/mol. The largest absolute Gasteiger partial charge is 0.472 e. The third-order valence-corrected chi connectivity index (χ3v) is 19.4. The molecule has 113 heavy (non-hydrogen) atoms. The van der Waals surface area contributed by atoms with Crippen LogP contribution >= 0.6 is 15.6 Å². The molecule has 0 aromatic carbocycles. The SMILES string of the molecule is CC/C=C\C/C=C\C/C=C\C/C=C\C/C=C\C/C=C\CCCCCCCCCCCCCCC(=O)OCC(O)COP(=O)(O)OCC(O)COP(=O)(O)OCC(COC(=O)CCCCCCCCCCC/C=C\C/C=C\C/C=C\C/C=C\C/C=C\CC)OC(=O)CCCC/C=C\C/C=C\C/C=C\C/C=C\C/C=C\C/C=C\CC. The number of rotatable bonds is 80. The Hall–Kier alpha value is -5.87. The zero-order valence-electron chi connectivity index (χ0n) is 70.2. The van der Waals surface area contributed by atoms with Crippen molar-refractivity contribution in [3.8, 4) is 0 Å². The Kier molecular flexibility index (Phi) is 81.1. The van der Waals surface area contributed by atoms with Crippen LogP contribution in [0.1, 0.15) is 316 Å². The summed E-state index contributed by atoms with van der Waals surface area (Å²) in [6.45, 7) is 2.28. The first-order chi connectivity index (χ1) is 55.2. The molecule has 0 amide bonds. The van der Waals surface area contributed by atoms with E-state index in [-0.39, 0.29) is 19.3 Å². The van der Waals surface area contributed by atoms with Crippen molar-refractivity contribution in [2.45, 2.75) is 334 Å². The first-order valence-corrected chi connectivity index (χ1v) is 46.4. The third-order valence-electron chi connectivity index (χ3n) is 17.5. The van der Waals surface area contributed by atoms with E-state index in [0.29, 0.717) is 25.7 Å². The summed E-state index contributed by atoms with van der Waals surface area (Å²) in [5.74, 6) is -1.64. The van der Waals surface area contributed by atoms with Crippen LogP contribution in [0.4, 0.5) is 0 Å². The highest BCUT2D eigenvalue weighted by Gasteiger charge is 2.29. The lowest BCUT2D eigenvalue weighted by Gasteiger charge is -2.21. The van der Waals surface area contributed by atoms with Crippen LogP contribution in [0, 0.1) is 0 Å². The lowest BCUT2D eigenvalue weighted by Crippen LogP contribution is -2.30. The number of hydrogen-bond donors (Lipinski definition) is 4.